The Hall–Kier alpha value is -2.96. The van der Waals surface area contributed by atoms with Gasteiger partial charge in [-0.1, -0.05) is 18.2 Å². The number of aryl methyl sites for hydroxylation is 2. The van der Waals surface area contributed by atoms with Gasteiger partial charge in [0.2, 0.25) is 10.0 Å². The number of rotatable bonds is 12. The highest BCUT2D eigenvalue weighted by atomic mass is 32.2. The molecule has 3 rings (SSSR count). The zero-order valence-corrected chi connectivity index (χ0v) is 23.9. The zero-order chi connectivity index (χ0) is 27.9. The molecule has 0 saturated carbocycles. The second-order valence-electron chi connectivity index (χ2n) is 9.56. The largest absolute Gasteiger partial charge is 0.466 e. The topological polar surface area (TPSA) is 129 Å². The summed E-state index contributed by atoms with van der Waals surface area (Å²) in [6.07, 6.45) is 2.77. The summed E-state index contributed by atoms with van der Waals surface area (Å²) in [5.41, 5.74) is -0.0971. The Morgan fingerprint density at radius 2 is 1.84 bits per heavy atom. The van der Waals surface area contributed by atoms with Crippen molar-refractivity contribution in [1.29, 1.82) is 0 Å². The van der Waals surface area contributed by atoms with Crippen LogP contribution in [0, 0.1) is 6.92 Å². The number of ether oxygens (including phenoxy) is 2. The number of carbonyl (C=O) groups is 2. The quantitative estimate of drug-likeness (QED) is 0.199. The summed E-state index contributed by atoms with van der Waals surface area (Å²) in [5.74, 6) is -0.329. The summed E-state index contributed by atoms with van der Waals surface area (Å²) in [6.45, 7) is 9.64. The maximum Gasteiger partial charge on any atom is 0.325 e. The van der Waals surface area contributed by atoms with Crippen molar-refractivity contribution in [3.63, 3.8) is 0 Å². The summed E-state index contributed by atoms with van der Waals surface area (Å²) in [7, 11) is -3.97. The lowest BCUT2D eigenvalue weighted by atomic mass is 10.2. The number of fused-ring (bicyclic) bond motifs is 1. The molecule has 0 aliphatic heterocycles. The van der Waals surface area contributed by atoms with Crippen molar-refractivity contribution in [3.05, 3.63) is 48.4 Å². The second-order valence-corrected chi connectivity index (χ2v) is 12.3. The fourth-order valence-electron chi connectivity index (χ4n) is 3.60. The van der Waals surface area contributed by atoms with Gasteiger partial charge >= 0.3 is 11.9 Å². The molecule has 2 heterocycles. The third-order valence-corrected chi connectivity index (χ3v) is 7.78. The van der Waals surface area contributed by atoms with Gasteiger partial charge in [0.25, 0.3) is 0 Å². The number of benzene rings is 1. The third kappa shape index (κ3) is 8.27. The van der Waals surface area contributed by atoms with Gasteiger partial charge in [-0.3, -0.25) is 9.59 Å². The van der Waals surface area contributed by atoms with Crippen molar-refractivity contribution in [2.45, 2.75) is 75.6 Å². The first-order chi connectivity index (χ1) is 17.9. The van der Waals surface area contributed by atoms with Crippen LogP contribution < -0.4 is 4.72 Å². The van der Waals surface area contributed by atoms with Gasteiger partial charge in [-0.2, -0.15) is 4.72 Å². The number of nitrogens with one attached hydrogen (secondary N) is 1. The Labute approximate surface area is 227 Å². The zero-order valence-electron chi connectivity index (χ0n) is 22.3. The van der Waals surface area contributed by atoms with Crippen LogP contribution in [0.2, 0.25) is 0 Å². The van der Waals surface area contributed by atoms with Crippen LogP contribution in [0.4, 0.5) is 0 Å². The number of thioether (sulfide) groups is 1. The normalized spacial score (nSPS) is 12.9. The minimum Gasteiger partial charge on any atom is -0.466 e. The average Bonchev–Trinajstić information content (AvgIpc) is 3.24. The predicted octanol–water partition coefficient (Wildman–Crippen LogP) is 3.86. The Bertz CT molecular complexity index is 1370. The van der Waals surface area contributed by atoms with Gasteiger partial charge in [0.05, 0.1) is 16.9 Å². The van der Waals surface area contributed by atoms with E-state index in [2.05, 4.69) is 14.7 Å². The molecule has 206 valence electrons. The van der Waals surface area contributed by atoms with Crippen molar-refractivity contribution in [2.24, 2.45) is 0 Å². The molecule has 1 aromatic carbocycles. The molecule has 2 aromatic heterocycles. The van der Waals surface area contributed by atoms with Crippen LogP contribution in [0.1, 0.15) is 46.4 Å². The Kier molecular flexibility index (Phi) is 9.91. The number of carbonyl (C=O) groups excluding carboxylic acids is 2. The summed E-state index contributed by atoms with van der Waals surface area (Å²) >= 11 is 1.24. The summed E-state index contributed by atoms with van der Waals surface area (Å²) in [4.78, 5) is 33.8. The van der Waals surface area contributed by atoms with E-state index in [4.69, 9.17) is 9.47 Å². The highest BCUT2D eigenvalue weighted by Gasteiger charge is 2.30. The Morgan fingerprint density at radius 1 is 1.13 bits per heavy atom. The van der Waals surface area contributed by atoms with E-state index in [1.165, 1.54) is 23.9 Å². The van der Waals surface area contributed by atoms with E-state index >= 15 is 0 Å². The maximum absolute atomic E-state index is 13.0. The first-order valence-corrected chi connectivity index (χ1v) is 14.8. The van der Waals surface area contributed by atoms with E-state index in [0.717, 1.165) is 5.39 Å². The number of aromatic nitrogens is 3. The van der Waals surface area contributed by atoms with Gasteiger partial charge in [0.15, 0.2) is 0 Å². The molecular weight excluding hydrogens is 528 g/mol. The predicted molar refractivity (Wildman–Crippen MR) is 145 cm³/mol. The molecule has 0 amide bonds. The van der Waals surface area contributed by atoms with Crippen LogP contribution in [0.5, 0.6) is 0 Å². The van der Waals surface area contributed by atoms with Crippen molar-refractivity contribution in [1.82, 2.24) is 19.3 Å². The molecule has 1 atom stereocenters. The van der Waals surface area contributed by atoms with Crippen LogP contribution >= 0.6 is 11.8 Å². The molecule has 10 nitrogen and oxygen atoms in total. The molecule has 1 N–H and O–H groups in total. The minimum absolute atomic E-state index is 0.0544. The maximum atomic E-state index is 13.0. The summed E-state index contributed by atoms with van der Waals surface area (Å²) in [5, 5.41) is 1.38. The van der Waals surface area contributed by atoms with E-state index < -0.39 is 27.6 Å². The third-order valence-electron chi connectivity index (χ3n) is 5.21. The van der Waals surface area contributed by atoms with Crippen molar-refractivity contribution >= 4 is 44.8 Å². The van der Waals surface area contributed by atoms with Crippen molar-refractivity contribution in [2.75, 3.05) is 12.4 Å². The molecule has 3 aromatic rings. The molecule has 0 aliphatic carbocycles. The molecule has 0 unspecified atom stereocenters. The SMILES string of the molecule is CCOC(=O)CCCn1ccc2c(SC[C@@H](NS(=O)(=O)c3ccccc3)C(=O)OC(C)(C)C)nc(C)nc21. The van der Waals surface area contributed by atoms with Gasteiger partial charge in [0, 0.05) is 24.9 Å². The first kappa shape index (κ1) is 29.6. The number of nitrogens with zero attached hydrogens (tertiary/aromatic N) is 3. The molecule has 0 bridgehead atoms. The van der Waals surface area contributed by atoms with E-state index in [1.54, 1.807) is 52.8 Å². The van der Waals surface area contributed by atoms with Crippen LogP contribution in [0.25, 0.3) is 11.0 Å². The summed E-state index contributed by atoms with van der Waals surface area (Å²) in [6, 6.07) is 8.59. The van der Waals surface area contributed by atoms with Crippen LogP contribution in [-0.4, -0.2) is 58.9 Å². The highest BCUT2D eigenvalue weighted by molar-refractivity contribution is 7.99. The van der Waals surface area contributed by atoms with Crippen LogP contribution in [0.15, 0.2) is 52.5 Å². The Balaban J connectivity index is 1.81. The van der Waals surface area contributed by atoms with Gasteiger partial charge in [-0.25, -0.2) is 18.4 Å². The number of esters is 2. The van der Waals surface area contributed by atoms with Gasteiger partial charge in [-0.15, -0.1) is 11.8 Å². The van der Waals surface area contributed by atoms with E-state index in [-0.39, 0.29) is 16.6 Å². The van der Waals surface area contributed by atoms with Gasteiger partial charge in [0.1, 0.15) is 28.1 Å². The molecular formula is C26H34N4O6S2. The van der Waals surface area contributed by atoms with E-state index in [0.29, 0.717) is 42.5 Å². The molecule has 0 saturated heterocycles. The van der Waals surface area contributed by atoms with Crippen molar-refractivity contribution in [3.8, 4) is 0 Å². The molecule has 0 aliphatic rings. The number of hydrogen-bond donors (Lipinski definition) is 1. The van der Waals surface area contributed by atoms with Gasteiger partial charge in [-0.05, 0) is 59.2 Å². The Morgan fingerprint density at radius 3 is 2.50 bits per heavy atom. The lowest BCUT2D eigenvalue weighted by Gasteiger charge is -2.24. The highest BCUT2D eigenvalue weighted by Crippen LogP contribution is 2.28. The smallest absolute Gasteiger partial charge is 0.325 e. The minimum atomic E-state index is -3.97. The molecule has 12 heteroatoms. The lowest BCUT2D eigenvalue weighted by molar-refractivity contribution is -0.156. The molecule has 0 fully saturated rings. The first-order valence-electron chi connectivity index (χ1n) is 12.3. The fraction of sp³-hybridized carbons (Fsp3) is 0.462. The molecule has 38 heavy (non-hydrogen) atoms. The standard InChI is InChI=1S/C26H34N4O6S2/c1-6-35-22(31)13-10-15-30-16-14-20-23(30)27-18(2)28-24(20)37-17-21(25(32)36-26(3,4)5)29-38(33,34)19-11-8-7-9-12-19/h7-9,11-12,14,16,21,29H,6,10,13,15,17H2,1-5H3/t21-/m1/s1. The van der Waals surface area contributed by atoms with Crippen LogP contribution in [-0.2, 0) is 35.6 Å². The fourth-order valence-corrected chi connectivity index (χ4v) is 5.97. The van der Waals surface area contributed by atoms with E-state index in [1.807, 2.05) is 16.8 Å². The van der Waals surface area contributed by atoms with E-state index in [9.17, 15) is 18.0 Å². The molecule has 0 spiro atoms. The van der Waals surface area contributed by atoms with Crippen LogP contribution in [0.3, 0.4) is 0 Å². The average molecular weight is 563 g/mol. The van der Waals surface area contributed by atoms with Crippen molar-refractivity contribution < 1.29 is 27.5 Å². The summed E-state index contributed by atoms with van der Waals surface area (Å²) < 4.78 is 40.9. The molecule has 0 radical (unpaired) electrons. The number of sulfonamides is 1. The second kappa shape index (κ2) is 12.7. The van der Waals surface area contributed by atoms with Gasteiger partial charge < -0.3 is 14.0 Å². The number of hydrogen-bond acceptors (Lipinski definition) is 9. The monoisotopic (exact) mass is 562 g/mol. The lowest BCUT2D eigenvalue weighted by Crippen LogP contribution is -2.45.